The van der Waals surface area contributed by atoms with Crippen LogP contribution in [0, 0.1) is 11.3 Å². The first-order chi connectivity index (χ1) is 9.70. The predicted molar refractivity (Wildman–Crippen MR) is 79.4 cm³/mol. The Morgan fingerprint density at radius 1 is 1.24 bits per heavy atom. The number of amides is 3. The highest BCUT2D eigenvalue weighted by molar-refractivity contribution is 6.21. The van der Waals surface area contributed by atoms with Crippen LogP contribution in [0.25, 0.3) is 0 Å². The highest BCUT2D eigenvalue weighted by Crippen LogP contribution is 2.37. The molecule has 0 radical (unpaired) electrons. The number of benzene rings is 1. The standard InChI is InChI=1S/C16H20N2O3/c1-16(2,3)12-9-14(20)18(15(12)21)11-6-4-10(5-7-11)8-13(17)19/h4-7,12H,8-9H2,1-3H3,(H2,17,19). The van der Waals surface area contributed by atoms with Gasteiger partial charge in [0.15, 0.2) is 0 Å². The van der Waals surface area contributed by atoms with Gasteiger partial charge in [-0.2, -0.15) is 0 Å². The van der Waals surface area contributed by atoms with Gasteiger partial charge in [0.25, 0.3) is 0 Å². The molecule has 1 saturated heterocycles. The Kier molecular flexibility index (Phi) is 3.85. The van der Waals surface area contributed by atoms with Gasteiger partial charge in [0.05, 0.1) is 18.0 Å². The number of nitrogens with two attached hydrogens (primary N) is 1. The molecule has 0 bridgehead atoms. The lowest BCUT2D eigenvalue weighted by Crippen LogP contribution is -2.34. The summed E-state index contributed by atoms with van der Waals surface area (Å²) < 4.78 is 0. The molecule has 1 unspecified atom stereocenters. The van der Waals surface area contributed by atoms with Crippen molar-refractivity contribution in [1.29, 1.82) is 0 Å². The average molecular weight is 288 g/mol. The zero-order chi connectivity index (χ0) is 15.8. The second kappa shape index (κ2) is 5.31. The first-order valence-electron chi connectivity index (χ1n) is 6.94. The Morgan fingerprint density at radius 3 is 2.24 bits per heavy atom. The molecule has 1 heterocycles. The summed E-state index contributed by atoms with van der Waals surface area (Å²) in [4.78, 5) is 36.7. The fourth-order valence-corrected chi connectivity index (χ4v) is 2.54. The van der Waals surface area contributed by atoms with E-state index in [1.54, 1.807) is 24.3 Å². The van der Waals surface area contributed by atoms with Gasteiger partial charge in [-0.15, -0.1) is 0 Å². The Labute approximate surface area is 124 Å². The molecule has 1 fully saturated rings. The molecular formula is C16H20N2O3. The smallest absolute Gasteiger partial charge is 0.237 e. The third-order valence-electron chi connectivity index (χ3n) is 3.76. The Morgan fingerprint density at radius 2 is 1.81 bits per heavy atom. The van der Waals surface area contributed by atoms with Crippen molar-refractivity contribution < 1.29 is 14.4 Å². The van der Waals surface area contributed by atoms with Gasteiger partial charge in [-0.05, 0) is 23.1 Å². The van der Waals surface area contributed by atoms with Gasteiger partial charge >= 0.3 is 0 Å². The van der Waals surface area contributed by atoms with Crippen molar-refractivity contribution in [2.75, 3.05) is 4.90 Å². The third-order valence-corrected chi connectivity index (χ3v) is 3.76. The molecule has 2 rings (SSSR count). The summed E-state index contributed by atoms with van der Waals surface area (Å²) in [5, 5.41) is 0. The maximum absolute atomic E-state index is 12.5. The summed E-state index contributed by atoms with van der Waals surface area (Å²) in [7, 11) is 0. The molecule has 1 atom stereocenters. The highest BCUT2D eigenvalue weighted by atomic mass is 16.2. The molecule has 1 aliphatic heterocycles. The summed E-state index contributed by atoms with van der Waals surface area (Å²) in [6, 6.07) is 6.79. The molecule has 0 spiro atoms. The van der Waals surface area contributed by atoms with Crippen LogP contribution in [0.15, 0.2) is 24.3 Å². The zero-order valence-electron chi connectivity index (χ0n) is 12.6. The number of hydrogen-bond donors (Lipinski definition) is 1. The van der Waals surface area contributed by atoms with Crippen LogP contribution in [-0.2, 0) is 20.8 Å². The van der Waals surface area contributed by atoms with E-state index in [0.717, 1.165) is 5.56 Å². The van der Waals surface area contributed by atoms with Crippen molar-refractivity contribution in [3.05, 3.63) is 29.8 Å². The summed E-state index contributed by atoms with van der Waals surface area (Å²) >= 11 is 0. The minimum atomic E-state index is -0.413. The Bertz CT molecular complexity index is 585. The first kappa shape index (κ1) is 15.2. The molecule has 2 N–H and O–H groups in total. The largest absolute Gasteiger partial charge is 0.369 e. The number of rotatable bonds is 3. The fourth-order valence-electron chi connectivity index (χ4n) is 2.54. The van der Waals surface area contributed by atoms with Crippen molar-refractivity contribution in [2.45, 2.75) is 33.6 Å². The van der Waals surface area contributed by atoms with E-state index in [0.29, 0.717) is 5.69 Å². The van der Waals surface area contributed by atoms with E-state index in [1.807, 2.05) is 20.8 Å². The molecule has 3 amide bonds. The van der Waals surface area contributed by atoms with Gasteiger partial charge in [0.1, 0.15) is 0 Å². The summed E-state index contributed by atoms with van der Waals surface area (Å²) in [6.45, 7) is 5.88. The molecular weight excluding hydrogens is 268 g/mol. The van der Waals surface area contributed by atoms with E-state index in [2.05, 4.69) is 0 Å². The molecule has 5 heteroatoms. The Hall–Kier alpha value is -2.17. The molecule has 1 aromatic carbocycles. The number of carbonyl (C=O) groups is 3. The minimum Gasteiger partial charge on any atom is -0.369 e. The zero-order valence-corrected chi connectivity index (χ0v) is 12.6. The van der Waals surface area contributed by atoms with Gasteiger partial charge in [-0.3, -0.25) is 19.3 Å². The molecule has 0 aliphatic carbocycles. The predicted octanol–water partition coefficient (Wildman–Crippen LogP) is 1.64. The van der Waals surface area contributed by atoms with Gasteiger partial charge in [0, 0.05) is 6.42 Å². The fraction of sp³-hybridized carbons (Fsp3) is 0.438. The molecule has 21 heavy (non-hydrogen) atoms. The highest BCUT2D eigenvalue weighted by Gasteiger charge is 2.45. The lowest BCUT2D eigenvalue weighted by molar-refractivity contribution is -0.124. The van der Waals surface area contributed by atoms with E-state index in [4.69, 9.17) is 5.73 Å². The van der Waals surface area contributed by atoms with Crippen molar-refractivity contribution in [3.8, 4) is 0 Å². The van der Waals surface area contributed by atoms with Crippen LogP contribution in [0.5, 0.6) is 0 Å². The van der Waals surface area contributed by atoms with Crippen LogP contribution >= 0.6 is 0 Å². The van der Waals surface area contributed by atoms with E-state index in [-0.39, 0.29) is 36.0 Å². The van der Waals surface area contributed by atoms with Crippen molar-refractivity contribution in [2.24, 2.45) is 17.1 Å². The van der Waals surface area contributed by atoms with Crippen LogP contribution < -0.4 is 10.6 Å². The number of hydrogen-bond acceptors (Lipinski definition) is 3. The van der Waals surface area contributed by atoms with Gasteiger partial charge in [-0.1, -0.05) is 32.9 Å². The number of nitrogens with zero attached hydrogens (tertiary/aromatic N) is 1. The van der Waals surface area contributed by atoms with Crippen molar-refractivity contribution in [3.63, 3.8) is 0 Å². The van der Waals surface area contributed by atoms with Crippen LogP contribution in [0.4, 0.5) is 5.69 Å². The normalized spacial score (nSPS) is 19.2. The second-order valence-electron chi connectivity index (χ2n) is 6.50. The van der Waals surface area contributed by atoms with E-state index >= 15 is 0 Å². The number of carbonyl (C=O) groups excluding carboxylic acids is 3. The van der Waals surface area contributed by atoms with E-state index in [1.165, 1.54) is 4.90 Å². The van der Waals surface area contributed by atoms with Crippen LogP contribution in [0.3, 0.4) is 0 Å². The van der Waals surface area contributed by atoms with Crippen LogP contribution in [0.1, 0.15) is 32.8 Å². The number of anilines is 1. The van der Waals surface area contributed by atoms with Crippen molar-refractivity contribution >= 4 is 23.4 Å². The first-order valence-corrected chi connectivity index (χ1v) is 6.94. The second-order valence-corrected chi connectivity index (χ2v) is 6.50. The average Bonchev–Trinajstić information content (AvgIpc) is 2.65. The number of primary amides is 1. The van der Waals surface area contributed by atoms with Gasteiger partial charge in [0.2, 0.25) is 17.7 Å². The molecule has 1 aromatic rings. The lowest BCUT2D eigenvalue weighted by Gasteiger charge is -2.24. The van der Waals surface area contributed by atoms with Crippen LogP contribution in [-0.4, -0.2) is 17.7 Å². The summed E-state index contributed by atoms with van der Waals surface area (Å²) in [5.41, 5.74) is 6.20. The number of imide groups is 1. The topological polar surface area (TPSA) is 80.5 Å². The molecule has 0 aromatic heterocycles. The van der Waals surface area contributed by atoms with Crippen molar-refractivity contribution in [1.82, 2.24) is 0 Å². The molecule has 0 saturated carbocycles. The van der Waals surface area contributed by atoms with E-state index in [9.17, 15) is 14.4 Å². The maximum atomic E-state index is 12.5. The summed E-state index contributed by atoms with van der Waals surface area (Å²) in [6.07, 6.45) is 0.387. The van der Waals surface area contributed by atoms with Gasteiger partial charge in [-0.25, -0.2) is 0 Å². The summed E-state index contributed by atoms with van der Waals surface area (Å²) in [5.74, 6) is -1.04. The quantitative estimate of drug-likeness (QED) is 0.859. The molecule has 5 nitrogen and oxygen atoms in total. The lowest BCUT2D eigenvalue weighted by atomic mass is 9.80. The monoisotopic (exact) mass is 288 g/mol. The third kappa shape index (κ3) is 3.12. The minimum absolute atomic E-state index is 0.146. The Balaban J connectivity index is 2.24. The SMILES string of the molecule is CC(C)(C)C1CC(=O)N(c2ccc(CC(N)=O)cc2)C1=O. The van der Waals surface area contributed by atoms with E-state index < -0.39 is 5.91 Å². The van der Waals surface area contributed by atoms with Gasteiger partial charge < -0.3 is 5.73 Å². The van der Waals surface area contributed by atoms with Crippen LogP contribution in [0.2, 0.25) is 0 Å². The molecule has 1 aliphatic rings. The maximum Gasteiger partial charge on any atom is 0.237 e. The molecule has 112 valence electrons.